The van der Waals surface area contributed by atoms with E-state index < -0.39 is 0 Å². The van der Waals surface area contributed by atoms with Gasteiger partial charge in [-0.05, 0) is 42.8 Å². The van der Waals surface area contributed by atoms with Crippen molar-refractivity contribution < 1.29 is 14.3 Å². The van der Waals surface area contributed by atoms with E-state index >= 15 is 0 Å². The minimum absolute atomic E-state index is 0.226. The number of H-pyrrole nitrogens is 1. The van der Waals surface area contributed by atoms with Crippen LogP contribution in [0.1, 0.15) is 34.2 Å². The number of aromatic nitrogens is 1. The van der Waals surface area contributed by atoms with Crippen LogP contribution in [0.4, 0.5) is 5.69 Å². The molecule has 0 atom stereocenters. The largest absolute Gasteiger partial charge is 0.462 e. The van der Waals surface area contributed by atoms with Gasteiger partial charge in [0.15, 0.2) is 0 Å². The molecule has 2 aromatic rings. The summed E-state index contributed by atoms with van der Waals surface area (Å²) in [6, 6.07) is 10.0. The Hall–Kier alpha value is -2.56. The van der Waals surface area contributed by atoms with Crippen molar-refractivity contribution in [2.24, 2.45) is 0 Å². The molecule has 1 amide bonds. The molecule has 0 bridgehead atoms. The Balaban J connectivity index is 1.98. The highest BCUT2D eigenvalue weighted by Crippen LogP contribution is 2.12. The maximum atomic E-state index is 11.8. The minimum atomic E-state index is -0.353. The number of rotatable bonds is 5. The van der Waals surface area contributed by atoms with E-state index in [0.29, 0.717) is 23.6 Å². The Labute approximate surface area is 117 Å². The molecule has 1 heterocycles. The van der Waals surface area contributed by atoms with Gasteiger partial charge in [0, 0.05) is 11.9 Å². The second kappa shape index (κ2) is 6.56. The standard InChI is InChI=1S/C15H16N2O3/c1-2-10-20-15(19)11-5-7-12(8-6-11)17-14(18)13-4-3-9-16-13/h3-9,16H,2,10H2,1H3,(H,17,18). The predicted molar refractivity (Wildman–Crippen MR) is 75.8 cm³/mol. The number of aromatic amines is 1. The number of esters is 1. The van der Waals surface area contributed by atoms with Crippen molar-refractivity contribution in [3.8, 4) is 0 Å². The molecule has 20 heavy (non-hydrogen) atoms. The van der Waals surface area contributed by atoms with Crippen LogP contribution in [0, 0.1) is 0 Å². The quantitative estimate of drug-likeness (QED) is 0.822. The molecule has 0 saturated carbocycles. The third kappa shape index (κ3) is 3.47. The van der Waals surface area contributed by atoms with Crippen molar-refractivity contribution in [1.82, 2.24) is 4.98 Å². The molecule has 5 nitrogen and oxygen atoms in total. The van der Waals surface area contributed by atoms with Gasteiger partial charge in [0.2, 0.25) is 0 Å². The van der Waals surface area contributed by atoms with Gasteiger partial charge in [0.1, 0.15) is 5.69 Å². The molecule has 0 aliphatic carbocycles. The molecule has 104 valence electrons. The first kappa shape index (κ1) is 13.9. The van der Waals surface area contributed by atoms with Gasteiger partial charge in [-0.15, -0.1) is 0 Å². The van der Waals surface area contributed by atoms with Gasteiger partial charge in [0.05, 0.1) is 12.2 Å². The van der Waals surface area contributed by atoms with E-state index in [4.69, 9.17) is 4.74 Å². The number of carbonyl (C=O) groups is 2. The van der Waals surface area contributed by atoms with Gasteiger partial charge >= 0.3 is 5.97 Å². The highest BCUT2D eigenvalue weighted by molar-refractivity contribution is 6.03. The lowest BCUT2D eigenvalue weighted by Gasteiger charge is -2.06. The van der Waals surface area contributed by atoms with Gasteiger partial charge in [0.25, 0.3) is 5.91 Å². The van der Waals surface area contributed by atoms with E-state index in [-0.39, 0.29) is 11.9 Å². The zero-order valence-electron chi connectivity index (χ0n) is 11.2. The van der Waals surface area contributed by atoms with Crippen molar-refractivity contribution in [2.45, 2.75) is 13.3 Å². The van der Waals surface area contributed by atoms with E-state index in [1.807, 2.05) is 6.92 Å². The van der Waals surface area contributed by atoms with Crippen molar-refractivity contribution in [3.05, 3.63) is 53.9 Å². The molecule has 2 rings (SSSR count). The van der Waals surface area contributed by atoms with E-state index in [0.717, 1.165) is 6.42 Å². The van der Waals surface area contributed by atoms with Crippen LogP contribution in [0.5, 0.6) is 0 Å². The second-order valence-electron chi connectivity index (χ2n) is 4.25. The number of nitrogens with one attached hydrogen (secondary N) is 2. The zero-order valence-corrected chi connectivity index (χ0v) is 11.2. The summed E-state index contributed by atoms with van der Waals surface area (Å²) >= 11 is 0. The third-order valence-electron chi connectivity index (χ3n) is 2.66. The Morgan fingerprint density at radius 1 is 1.20 bits per heavy atom. The minimum Gasteiger partial charge on any atom is -0.462 e. The molecule has 5 heteroatoms. The zero-order chi connectivity index (χ0) is 14.4. The van der Waals surface area contributed by atoms with Crippen LogP contribution in [0.15, 0.2) is 42.6 Å². The van der Waals surface area contributed by atoms with Crippen LogP contribution in [-0.4, -0.2) is 23.5 Å². The van der Waals surface area contributed by atoms with Crippen LogP contribution in [0.2, 0.25) is 0 Å². The molecule has 2 N–H and O–H groups in total. The smallest absolute Gasteiger partial charge is 0.338 e. The van der Waals surface area contributed by atoms with Crippen molar-refractivity contribution in [1.29, 1.82) is 0 Å². The van der Waals surface area contributed by atoms with Crippen molar-refractivity contribution in [3.63, 3.8) is 0 Å². The number of amides is 1. The number of carbonyl (C=O) groups excluding carboxylic acids is 2. The fourth-order valence-electron chi connectivity index (χ4n) is 1.64. The molecule has 1 aromatic carbocycles. The first-order chi connectivity index (χ1) is 9.70. The lowest BCUT2D eigenvalue weighted by Crippen LogP contribution is -2.12. The van der Waals surface area contributed by atoms with E-state index in [2.05, 4.69) is 10.3 Å². The van der Waals surface area contributed by atoms with E-state index in [1.165, 1.54) is 0 Å². The fourth-order valence-corrected chi connectivity index (χ4v) is 1.64. The summed E-state index contributed by atoms with van der Waals surface area (Å²) in [7, 11) is 0. The van der Waals surface area contributed by atoms with Crippen LogP contribution in [-0.2, 0) is 4.74 Å². The highest BCUT2D eigenvalue weighted by Gasteiger charge is 2.09. The normalized spacial score (nSPS) is 10.1. The first-order valence-electron chi connectivity index (χ1n) is 6.42. The van der Waals surface area contributed by atoms with Crippen LogP contribution in [0.3, 0.4) is 0 Å². The van der Waals surface area contributed by atoms with Crippen molar-refractivity contribution in [2.75, 3.05) is 11.9 Å². The Kier molecular flexibility index (Phi) is 4.55. The Morgan fingerprint density at radius 3 is 2.55 bits per heavy atom. The summed E-state index contributed by atoms with van der Waals surface area (Å²) < 4.78 is 5.03. The molecular weight excluding hydrogens is 256 g/mol. The summed E-state index contributed by atoms with van der Waals surface area (Å²) in [5, 5.41) is 2.73. The lowest BCUT2D eigenvalue weighted by molar-refractivity contribution is 0.0505. The number of anilines is 1. The van der Waals surface area contributed by atoms with Gasteiger partial charge in [-0.3, -0.25) is 4.79 Å². The number of benzene rings is 1. The molecule has 0 aliphatic heterocycles. The summed E-state index contributed by atoms with van der Waals surface area (Å²) in [5.41, 5.74) is 1.57. The van der Waals surface area contributed by atoms with Crippen LogP contribution >= 0.6 is 0 Å². The Morgan fingerprint density at radius 2 is 1.95 bits per heavy atom. The first-order valence-corrected chi connectivity index (χ1v) is 6.42. The summed E-state index contributed by atoms with van der Waals surface area (Å²) in [6.45, 7) is 2.34. The van der Waals surface area contributed by atoms with Gasteiger partial charge in [-0.25, -0.2) is 4.79 Å². The SMILES string of the molecule is CCCOC(=O)c1ccc(NC(=O)c2ccc[nH]2)cc1. The summed E-state index contributed by atoms with van der Waals surface area (Å²) in [4.78, 5) is 26.2. The molecule has 0 unspecified atom stereocenters. The second-order valence-corrected chi connectivity index (χ2v) is 4.25. The number of hydrogen-bond donors (Lipinski definition) is 2. The highest BCUT2D eigenvalue weighted by atomic mass is 16.5. The third-order valence-corrected chi connectivity index (χ3v) is 2.66. The van der Waals surface area contributed by atoms with Crippen LogP contribution < -0.4 is 5.32 Å². The molecule has 0 aliphatic rings. The maximum absolute atomic E-state index is 11.8. The maximum Gasteiger partial charge on any atom is 0.338 e. The fraction of sp³-hybridized carbons (Fsp3) is 0.200. The molecule has 1 aromatic heterocycles. The van der Waals surface area contributed by atoms with Crippen molar-refractivity contribution >= 4 is 17.6 Å². The number of ether oxygens (including phenoxy) is 1. The molecule has 0 fully saturated rings. The molecular formula is C15H16N2O3. The number of hydrogen-bond acceptors (Lipinski definition) is 3. The molecule has 0 spiro atoms. The molecule has 0 radical (unpaired) electrons. The predicted octanol–water partition coefficient (Wildman–Crippen LogP) is 2.83. The topological polar surface area (TPSA) is 71.2 Å². The monoisotopic (exact) mass is 272 g/mol. The van der Waals surface area contributed by atoms with Crippen LogP contribution in [0.25, 0.3) is 0 Å². The summed E-state index contributed by atoms with van der Waals surface area (Å²) in [6.07, 6.45) is 2.47. The van der Waals surface area contributed by atoms with Gasteiger partial charge in [-0.1, -0.05) is 6.92 Å². The molecule has 0 saturated heterocycles. The Bertz CT molecular complexity index is 574. The lowest BCUT2D eigenvalue weighted by atomic mass is 10.2. The van der Waals surface area contributed by atoms with E-state index in [1.54, 1.807) is 42.6 Å². The van der Waals surface area contributed by atoms with Gasteiger partial charge < -0.3 is 15.0 Å². The van der Waals surface area contributed by atoms with E-state index in [9.17, 15) is 9.59 Å². The average molecular weight is 272 g/mol. The van der Waals surface area contributed by atoms with Gasteiger partial charge in [-0.2, -0.15) is 0 Å². The average Bonchev–Trinajstić information content (AvgIpc) is 3.00. The summed E-state index contributed by atoms with van der Waals surface area (Å²) in [5.74, 6) is -0.578.